The Bertz CT molecular complexity index is 328. The monoisotopic (exact) mass is 193 g/mol. The number of amides is 1. The lowest BCUT2D eigenvalue weighted by Gasteiger charge is -2.14. The summed E-state index contributed by atoms with van der Waals surface area (Å²) in [7, 11) is 1.74. The molecule has 1 saturated heterocycles. The van der Waals surface area contributed by atoms with Crippen LogP contribution >= 0.6 is 0 Å². The van der Waals surface area contributed by atoms with Crippen LogP contribution in [0.5, 0.6) is 0 Å². The Kier molecular flexibility index (Phi) is 2.30. The highest BCUT2D eigenvalue weighted by atomic mass is 16.6. The number of hydrogen-bond acceptors (Lipinski definition) is 4. The third-order valence-corrected chi connectivity index (χ3v) is 2.32. The van der Waals surface area contributed by atoms with Gasteiger partial charge in [0.15, 0.2) is 0 Å². The summed E-state index contributed by atoms with van der Waals surface area (Å²) in [5, 5.41) is 0. The van der Waals surface area contributed by atoms with E-state index in [9.17, 15) is 4.79 Å². The average molecular weight is 193 g/mol. The van der Waals surface area contributed by atoms with Gasteiger partial charge in [0.2, 0.25) is 0 Å². The molecule has 1 atom stereocenters. The molecule has 1 aliphatic heterocycles. The van der Waals surface area contributed by atoms with E-state index in [1.165, 1.54) is 6.33 Å². The van der Waals surface area contributed by atoms with Crippen LogP contribution in [0.2, 0.25) is 0 Å². The molecule has 2 rings (SSSR count). The molecule has 1 aromatic heterocycles. The minimum atomic E-state index is -0.258. The number of hydrogen-bond donors (Lipinski definition) is 0. The van der Waals surface area contributed by atoms with Crippen LogP contribution in [0.1, 0.15) is 5.56 Å². The van der Waals surface area contributed by atoms with E-state index >= 15 is 0 Å². The van der Waals surface area contributed by atoms with Gasteiger partial charge in [-0.05, 0) is 12.0 Å². The normalized spacial score (nSPS) is 21.1. The lowest BCUT2D eigenvalue weighted by atomic mass is 10.1. The molecule has 0 N–H and O–H groups in total. The highest BCUT2D eigenvalue weighted by Gasteiger charge is 2.29. The molecule has 2 heterocycles. The van der Waals surface area contributed by atoms with E-state index in [1.807, 2.05) is 0 Å². The first-order chi connectivity index (χ1) is 6.77. The van der Waals surface area contributed by atoms with Crippen molar-refractivity contribution < 1.29 is 9.53 Å². The van der Waals surface area contributed by atoms with Crippen molar-refractivity contribution >= 4 is 6.09 Å². The topological polar surface area (TPSA) is 55.3 Å². The van der Waals surface area contributed by atoms with E-state index in [-0.39, 0.29) is 12.1 Å². The maximum Gasteiger partial charge on any atom is 0.409 e. The highest BCUT2D eigenvalue weighted by Crippen LogP contribution is 2.13. The van der Waals surface area contributed by atoms with Crippen molar-refractivity contribution in [2.24, 2.45) is 0 Å². The summed E-state index contributed by atoms with van der Waals surface area (Å²) < 4.78 is 4.90. The van der Waals surface area contributed by atoms with Crippen LogP contribution in [0.25, 0.3) is 0 Å². The van der Waals surface area contributed by atoms with Gasteiger partial charge in [0.25, 0.3) is 0 Å². The van der Waals surface area contributed by atoms with Crippen LogP contribution in [-0.2, 0) is 11.2 Å². The number of aromatic nitrogens is 2. The summed E-state index contributed by atoms with van der Waals surface area (Å²) in [6, 6.07) is 0.105. The number of likely N-dealkylation sites (N-methyl/N-ethyl adjacent to an activating group) is 1. The van der Waals surface area contributed by atoms with Crippen LogP contribution in [-0.4, -0.2) is 40.7 Å². The minimum absolute atomic E-state index is 0.105. The molecule has 5 heteroatoms. The molecule has 1 aromatic rings. The summed E-state index contributed by atoms with van der Waals surface area (Å²) in [6.45, 7) is 0.449. The summed E-state index contributed by atoms with van der Waals surface area (Å²) in [5.41, 5.74) is 1.02. The lowest BCUT2D eigenvalue weighted by molar-refractivity contribution is 0.163. The van der Waals surface area contributed by atoms with Crippen molar-refractivity contribution in [2.75, 3.05) is 13.7 Å². The molecule has 74 valence electrons. The van der Waals surface area contributed by atoms with E-state index in [4.69, 9.17) is 4.74 Å². The second kappa shape index (κ2) is 3.61. The standard InChI is InChI=1S/C9H11N3O2/c1-12-8(5-14-9(12)13)2-7-3-10-6-11-4-7/h3-4,6,8H,2,5H2,1H3. The van der Waals surface area contributed by atoms with E-state index in [0.29, 0.717) is 6.61 Å². The van der Waals surface area contributed by atoms with Gasteiger partial charge in [0.05, 0.1) is 6.04 Å². The molecule has 1 aliphatic rings. The number of ether oxygens (including phenoxy) is 1. The average Bonchev–Trinajstić information content (AvgIpc) is 2.52. The smallest absolute Gasteiger partial charge is 0.409 e. The van der Waals surface area contributed by atoms with Crippen molar-refractivity contribution in [3.63, 3.8) is 0 Å². The van der Waals surface area contributed by atoms with Crippen molar-refractivity contribution in [1.29, 1.82) is 0 Å². The van der Waals surface area contributed by atoms with Gasteiger partial charge in [-0.1, -0.05) is 0 Å². The lowest BCUT2D eigenvalue weighted by Crippen LogP contribution is -2.31. The van der Waals surface area contributed by atoms with E-state index < -0.39 is 0 Å². The molecule has 0 radical (unpaired) electrons. The first kappa shape index (κ1) is 8.93. The van der Waals surface area contributed by atoms with Gasteiger partial charge in [-0.3, -0.25) is 0 Å². The number of cyclic esters (lactones) is 1. The van der Waals surface area contributed by atoms with Crippen LogP contribution in [0.3, 0.4) is 0 Å². The second-order valence-electron chi connectivity index (χ2n) is 3.29. The zero-order valence-corrected chi connectivity index (χ0v) is 7.88. The molecule has 1 fully saturated rings. The minimum Gasteiger partial charge on any atom is -0.447 e. The molecule has 1 amide bonds. The highest BCUT2D eigenvalue weighted by molar-refractivity contribution is 5.69. The van der Waals surface area contributed by atoms with Gasteiger partial charge >= 0.3 is 6.09 Å². The van der Waals surface area contributed by atoms with Crippen molar-refractivity contribution in [1.82, 2.24) is 14.9 Å². The number of rotatable bonds is 2. The third kappa shape index (κ3) is 1.66. The van der Waals surface area contributed by atoms with Gasteiger partial charge in [0.1, 0.15) is 12.9 Å². The second-order valence-corrected chi connectivity index (χ2v) is 3.29. The maximum atomic E-state index is 11.0. The Hall–Kier alpha value is -1.65. The molecule has 14 heavy (non-hydrogen) atoms. The largest absolute Gasteiger partial charge is 0.447 e. The quantitative estimate of drug-likeness (QED) is 0.685. The van der Waals surface area contributed by atoms with Crippen LogP contribution in [0.15, 0.2) is 18.7 Å². The summed E-state index contributed by atoms with van der Waals surface area (Å²) >= 11 is 0. The van der Waals surface area contributed by atoms with Crippen LogP contribution in [0, 0.1) is 0 Å². The zero-order valence-electron chi connectivity index (χ0n) is 7.88. The van der Waals surface area contributed by atoms with Crippen molar-refractivity contribution in [3.8, 4) is 0 Å². The molecule has 0 aliphatic carbocycles. The predicted octanol–water partition coefficient (Wildman–Crippen LogP) is 0.470. The SMILES string of the molecule is CN1C(=O)OCC1Cc1cncnc1. The summed E-state index contributed by atoms with van der Waals surface area (Å²) in [4.78, 5) is 20.5. The molecule has 5 nitrogen and oxygen atoms in total. The summed E-state index contributed by atoms with van der Waals surface area (Å²) in [5.74, 6) is 0. The van der Waals surface area contributed by atoms with Crippen molar-refractivity contribution in [3.05, 3.63) is 24.3 Å². The molecule has 0 saturated carbocycles. The van der Waals surface area contributed by atoms with E-state index in [1.54, 1.807) is 24.3 Å². The number of nitrogens with zero attached hydrogens (tertiary/aromatic N) is 3. The molecule has 0 aromatic carbocycles. The first-order valence-electron chi connectivity index (χ1n) is 4.41. The Morgan fingerprint density at radius 2 is 2.29 bits per heavy atom. The molecular weight excluding hydrogens is 182 g/mol. The van der Waals surface area contributed by atoms with Crippen LogP contribution in [0.4, 0.5) is 4.79 Å². The van der Waals surface area contributed by atoms with Gasteiger partial charge < -0.3 is 9.64 Å². The summed E-state index contributed by atoms with van der Waals surface area (Å²) in [6.07, 6.45) is 5.48. The molecule has 1 unspecified atom stereocenters. The van der Waals surface area contributed by atoms with E-state index in [2.05, 4.69) is 9.97 Å². The molecular formula is C9H11N3O2. The zero-order chi connectivity index (χ0) is 9.97. The fourth-order valence-electron chi connectivity index (χ4n) is 1.43. The van der Waals surface area contributed by atoms with Gasteiger partial charge in [0, 0.05) is 19.4 Å². The molecule has 0 bridgehead atoms. The fraction of sp³-hybridized carbons (Fsp3) is 0.444. The van der Waals surface area contributed by atoms with Gasteiger partial charge in [-0.15, -0.1) is 0 Å². The number of carbonyl (C=O) groups is 1. The Balaban J connectivity index is 2.02. The molecule has 0 spiro atoms. The van der Waals surface area contributed by atoms with Gasteiger partial charge in [-0.2, -0.15) is 0 Å². The van der Waals surface area contributed by atoms with Crippen molar-refractivity contribution in [2.45, 2.75) is 12.5 Å². The van der Waals surface area contributed by atoms with E-state index in [0.717, 1.165) is 12.0 Å². The number of carbonyl (C=O) groups excluding carboxylic acids is 1. The Labute approximate surface area is 81.7 Å². The van der Waals surface area contributed by atoms with Gasteiger partial charge in [-0.25, -0.2) is 14.8 Å². The first-order valence-corrected chi connectivity index (χ1v) is 4.41. The van der Waals surface area contributed by atoms with Crippen LogP contribution < -0.4 is 0 Å². The predicted molar refractivity (Wildman–Crippen MR) is 48.6 cm³/mol. The maximum absolute atomic E-state index is 11.0. The third-order valence-electron chi connectivity index (χ3n) is 2.32. The fourth-order valence-corrected chi connectivity index (χ4v) is 1.43. The Morgan fingerprint density at radius 3 is 2.86 bits per heavy atom. The Morgan fingerprint density at radius 1 is 1.57 bits per heavy atom.